The number of urea groups is 1. The number of rotatable bonds is 5. The quantitative estimate of drug-likeness (QED) is 0.554. The van der Waals surface area contributed by atoms with Crippen LogP contribution in [-0.2, 0) is 6.54 Å². The highest BCUT2D eigenvalue weighted by Crippen LogP contribution is 2.22. The molecule has 27 heavy (non-hydrogen) atoms. The van der Waals surface area contributed by atoms with Crippen LogP contribution in [-0.4, -0.2) is 15.4 Å². The largest absolute Gasteiger partial charge is 0.457 e. The van der Waals surface area contributed by atoms with E-state index in [1.807, 2.05) is 71.4 Å². The minimum Gasteiger partial charge on any atom is -0.457 e. The van der Waals surface area contributed by atoms with Crippen LogP contribution in [0.5, 0.6) is 11.5 Å². The third kappa shape index (κ3) is 4.24. The fourth-order valence-corrected chi connectivity index (χ4v) is 2.65. The number of hydrogen-bond acceptors (Lipinski definition) is 3. The molecule has 134 valence electrons. The fraction of sp³-hybridized carbons (Fsp3) is 0.0476. The highest BCUT2D eigenvalue weighted by Gasteiger charge is 2.04. The lowest BCUT2D eigenvalue weighted by atomic mass is 10.2. The summed E-state index contributed by atoms with van der Waals surface area (Å²) in [5.41, 5.74) is 2.52. The molecule has 0 unspecified atom stereocenters. The zero-order valence-electron chi connectivity index (χ0n) is 14.5. The molecule has 6 heteroatoms. The number of carbonyl (C=O) groups is 1. The van der Waals surface area contributed by atoms with Crippen LogP contribution in [0.4, 0.5) is 10.5 Å². The molecule has 0 fully saturated rings. The van der Waals surface area contributed by atoms with Crippen LogP contribution in [0, 0.1) is 0 Å². The van der Waals surface area contributed by atoms with E-state index in [1.165, 1.54) is 0 Å². The number of hydrogen-bond donors (Lipinski definition) is 2. The summed E-state index contributed by atoms with van der Waals surface area (Å²) in [5, 5.41) is 5.65. The first kappa shape index (κ1) is 16.7. The maximum absolute atomic E-state index is 12.1. The molecule has 2 aromatic heterocycles. The Hall–Kier alpha value is -3.80. The Morgan fingerprint density at radius 3 is 2.56 bits per heavy atom. The third-order valence-electron chi connectivity index (χ3n) is 4.01. The topological polar surface area (TPSA) is 67.7 Å². The van der Waals surface area contributed by atoms with Crippen molar-refractivity contribution < 1.29 is 9.53 Å². The highest BCUT2D eigenvalue weighted by atomic mass is 16.5. The number of nitrogens with one attached hydrogen (secondary N) is 2. The Kier molecular flexibility index (Phi) is 4.70. The number of nitrogens with zero attached hydrogens (tertiary/aromatic N) is 2. The molecule has 2 amide bonds. The van der Waals surface area contributed by atoms with Gasteiger partial charge in [0.1, 0.15) is 17.1 Å². The second-order valence-electron chi connectivity index (χ2n) is 5.97. The van der Waals surface area contributed by atoms with E-state index in [4.69, 9.17) is 4.74 Å². The average molecular weight is 358 g/mol. The van der Waals surface area contributed by atoms with Gasteiger partial charge in [-0.15, -0.1) is 0 Å². The van der Waals surface area contributed by atoms with Crippen LogP contribution in [0.3, 0.4) is 0 Å². The molecule has 0 radical (unpaired) electrons. The molecule has 0 aliphatic carbocycles. The molecule has 0 saturated carbocycles. The summed E-state index contributed by atoms with van der Waals surface area (Å²) in [6.07, 6.45) is 5.54. The molecule has 4 aromatic rings. The lowest BCUT2D eigenvalue weighted by Gasteiger charge is -2.09. The van der Waals surface area contributed by atoms with Crippen molar-refractivity contribution in [2.75, 3.05) is 5.32 Å². The van der Waals surface area contributed by atoms with E-state index < -0.39 is 0 Å². The second-order valence-corrected chi connectivity index (χ2v) is 5.97. The molecule has 2 aromatic carbocycles. The number of fused-ring (bicyclic) bond motifs is 1. The predicted octanol–water partition coefficient (Wildman–Crippen LogP) is 4.45. The van der Waals surface area contributed by atoms with Gasteiger partial charge in [0, 0.05) is 30.8 Å². The zero-order valence-corrected chi connectivity index (χ0v) is 14.5. The van der Waals surface area contributed by atoms with Crippen molar-refractivity contribution in [3.05, 3.63) is 90.9 Å². The molecule has 0 aliphatic rings. The summed E-state index contributed by atoms with van der Waals surface area (Å²) < 4.78 is 7.66. The fourth-order valence-electron chi connectivity index (χ4n) is 2.65. The van der Waals surface area contributed by atoms with E-state index in [1.54, 1.807) is 18.3 Å². The molecule has 6 nitrogen and oxygen atoms in total. The molecular formula is C21H18N4O2. The Morgan fingerprint density at radius 1 is 0.963 bits per heavy atom. The summed E-state index contributed by atoms with van der Waals surface area (Å²) in [4.78, 5) is 16.3. The van der Waals surface area contributed by atoms with Gasteiger partial charge in [0.2, 0.25) is 0 Å². The van der Waals surface area contributed by atoms with Crippen LogP contribution >= 0.6 is 0 Å². The maximum atomic E-state index is 12.1. The second kappa shape index (κ2) is 7.61. The summed E-state index contributed by atoms with van der Waals surface area (Å²) in [5.74, 6) is 1.48. The van der Waals surface area contributed by atoms with Gasteiger partial charge in [0.25, 0.3) is 0 Å². The van der Waals surface area contributed by atoms with Crippen molar-refractivity contribution in [1.29, 1.82) is 0 Å². The Labute approximate surface area is 156 Å². The molecule has 0 bridgehead atoms. The van der Waals surface area contributed by atoms with Gasteiger partial charge in [-0.3, -0.25) is 0 Å². The number of anilines is 1. The molecular weight excluding hydrogens is 340 g/mol. The van der Waals surface area contributed by atoms with Gasteiger partial charge in [0.15, 0.2) is 0 Å². The van der Waals surface area contributed by atoms with Crippen molar-refractivity contribution in [3.63, 3.8) is 0 Å². The number of aromatic nitrogens is 2. The normalized spacial score (nSPS) is 10.5. The number of pyridine rings is 1. The van der Waals surface area contributed by atoms with Crippen LogP contribution < -0.4 is 15.4 Å². The van der Waals surface area contributed by atoms with Gasteiger partial charge in [0.05, 0.1) is 0 Å². The van der Waals surface area contributed by atoms with Gasteiger partial charge < -0.3 is 19.8 Å². The van der Waals surface area contributed by atoms with Crippen molar-refractivity contribution in [2.24, 2.45) is 0 Å². The van der Waals surface area contributed by atoms with Crippen LogP contribution in [0.25, 0.3) is 5.65 Å². The highest BCUT2D eigenvalue weighted by molar-refractivity contribution is 5.89. The van der Waals surface area contributed by atoms with E-state index in [0.29, 0.717) is 18.0 Å². The van der Waals surface area contributed by atoms with Crippen molar-refractivity contribution in [2.45, 2.75) is 6.54 Å². The van der Waals surface area contributed by atoms with Crippen LogP contribution in [0.2, 0.25) is 0 Å². The zero-order chi connectivity index (χ0) is 18.5. The molecule has 0 saturated heterocycles. The molecule has 2 N–H and O–H groups in total. The first-order valence-corrected chi connectivity index (χ1v) is 8.56. The number of carbonyl (C=O) groups excluding carboxylic acids is 1. The van der Waals surface area contributed by atoms with Gasteiger partial charge in [-0.2, -0.15) is 0 Å². The summed E-state index contributed by atoms with van der Waals surface area (Å²) in [6.45, 7) is 0.421. The first-order valence-electron chi connectivity index (χ1n) is 8.56. The van der Waals surface area contributed by atoms with E-state index in [2.05, 4.69) is 15.6 Å². The lowest BCUT2D eigenvalue weighted by molar-refractivity contribution is 0.251. The van der Waals surface area contributed by atoms with Crippen molar-refractivity contribution >= 4 is 17.4 Å². The van der Waals surface area contributed by atoms with Gasteiger partial charge in [-0.05, 0) is 54.1 Å². The summed E-state index contributed by atoms with van der Waals surface area (Å²) >= 11 is 0. The molecule has 0 spiro atoms. The predicted molar refractivity (Wildman–Crippen MR) is 104 cm³/mol. The van der Waals surface area contributed by atoms with Gasteiger partial charge in [-0.25, -0.2) is 9.78 Å². The monoisotopic (exact) mass is 358 g/mol. The molecule has 2 heterocycles. The molecule has 4 rings (SSSR count). The van der Waals surface area contributed by atoms with E-state index in [0.717, 1.165) is 17.0 Å². The molecule has 0 aliphatic heterocycles. The van der Waals surface area contributed by atoms with E-state index >= 15 is 0 Å². The smallest absolute Gasteiger partial charge is 0.319 e. The SMILES string of the molecule is O=C(NCc1ccn2ccnc2c1)Nc1ccc(Oc2ccccc2)cc1. The Bertz CT molecular complexity index is 1040. The number of benzene rings is 2. The van der Waals surface area contributed by atoms with E-state index in [9.17, 15) is 4.79 Å². The van der Waals surface area contributed by atoms with Crippen molar-refractivity contribution in [1.82, 2.24) is 14.7 Å². The standard InChI is InChI=1S/C21H18N4O2/c26-21(23-15-16-10-12-25-13-11-22-20(25)14-16)24-17-6-8-19(9-7-17)27-18-4-2-1-3-5-18/h1-14H,15H2,(H2,23,24,26). The maximum Gasteiger partial charge on any atom is 0.319 e. The average Bonchev–Trinajstić information content (AvgIpc) is 3.17. The lowest BCUT2D eigenvalue weighted by Crippen LogP contribution is -2.28. The van der Waals surface area contributed by atoms with Crippen LogP contribution in [0.1, 0.15) is 5.56 Å². The number of imidazole rings is 1. The van der Waals surface area contributed by atoms with Gasteiger partial charge in [-0.1, -0.05) is 18.2 Å². The number of amides is 2. The van der Waals surface area contributed by atoms with Crippen molar-refractivity contribution in [3.8, 4) is 11.5 Å². The van der Waals surface area contributed by atoms with E-state index in [-0.39, 0.29) is 6.03 Å². The summed E-state index contributed by atoms with van der Waals surface area (Å²) in [6, 6.07) is 20.4. The first-order chi connectivity index (χ1) is 13.3. The third-order valence-corrected chi connectivity index (χ3v) is 4.01. The Morgan fingerprint density at radius 2 is 1.74 bits per heavy atom. The molecule has 0 atom stereocenters. The Balaban J connectivity index is 1.31. The number of para-hydroxylation sites is 1. The summed E-state index contributed by atoms with van der Waals surface area (Å²) in [7, 11) is 0. The van der Waals surface area contributed by atoms with Crippen LogP contribution in [0.15, 0.2) is 85.3 Å². The van der Waals surface area contributed by atoms with Gasteiger partial charge >= 0.3 is 6.03 Å². The number of ether oxygens (including phenoxy) is 1. The minimum atomic E-state index is -0.269. The minimum absolute atomic E-state index is 0.269.